The largest absolute Gasteiger partial charge is 0.497 e. The van der Waals surface area contributed by atoms with Crippen molar-refractivity contribution in [2.24, 2.45) is 4.99 Å². The van der Waals surface area contributed by atoms with E-state index in [0.717, 1.165) is 23.7 Å². The fraction of sp³-hybridized carbons (Fsp3) is 0.417. The number of hydrazine groups is 1. The zero-order valence-electron chi connectivity index (χ0n) is 10.1. The Labute approximate surface area is 101 Å². The molecular weight excluding hydrogens is 218 g/mol. The third kappa shape index (κ3) is 2.95. The van der Waals surface area contributed by atoms with E-state index in [2.05, 4.69) is 10.4 Å². The highest BCUT2D eigenvalue weighted by Crippen LogP contribution is 2.13. The van der Waals surface area contributed by atoms with E-state index >= 15 is 0 Å². The highest BCUT2D eigenvalue weighted by atomic mass is 16.5. The molecule has 17 heavy (non-hydrogen) atoms. The number of amidine groups is 1. The van der Waals surface area contributed by atoms with Gasteiger partial charge in [-0.3, -0.25) is 0 Å². The molecule has 1 aromatic carbocycles. The summed E-state index contributed by atoms with van der Waals surface area (Å²) in [5.74, 6) is 1.74. The molecule has 0 aliphatic carbocycles. The molecule has 0 aromatic heterocycles. The minimum Gasteiger partial charge on any atom is -0.497 e. The second-order valence-corrected chi connectivity index (χ2v) is 3.74. The Bertz CT molecular complexity index is 389. The fourth-order valence-electron chi connectivity index (χ4n) is 1.61. The van der Waals surface area contributed by atoms with Crippen LogP contribution in [0.25, 0.3) is 0 Å². The van der Waals surface area contributed by atoms with Gasteiger partial charge in [-0.2, -0.15) is 5.01 Å². The van der Waals surface area contributed by atoms with Crippen molar-refractivity contribution < 1.29 is 9.47 Å². The van der Waals surface area contributed by atoms with Gasteiger partial charge in [0.1, 0.15) is 18.3 Å². The smallest absolute Gasteiger partial charge is 0.144 e. The van der Waals surface area contributed by atoms with Crippen LogP contribution in [-0.2, 0) is 4.74 Å². The van der Waals surface area contributed by atoms with Crippen LogP contribution < -0.4 is 10.2 Å². The van der Waals surface area contributed by atoms with Crippen LogP contribution in [0.4, 0.5) is 0 Å². The number of ether oxygens (including phenoxy) is 2. The van der Waals surface area contributed by atoms with Crippen molar-refractivity contribution in [3.63, 3.8) is 0 Å². The van der Waals surface area contributed by atoms with Gasteiger partial charge in [-0.15, -0.1) is 0 Å². The second kappa shape index (κ2) is 5.65. The molecule has 0 fully saturated rings. The predicted octanol–water partition coefficient (Wildman–Crippen LogP) is 0.866. The number of nitrogens with one attached hydrogen (secondary N) is 1. The molecule has 5 heteroatoms. The van der Waals surface area contributed by atoms with E-state index in [4.69, 9.17) is 9.47 Å². The first-order chi connectivity index (χ1) is 8.33. The van der Waals surface area contributed by atoms with Crippen molar-refractivity contribution in [1.29, 1.82) is 0 Å². The summed E-state index contributed by atoms with van der Waals surface area (Å²) >= 11 is 0. The SMILES string of the molecule is COCCN1CN=C(c2ccc(OC)cc2)N1. The molecule has 1 aliphatic heterocycles. The van der Waals surface area contributed by atoms with Crippen molar-refractivity contribution in [2.45, 2.75) is 0 Å². The van der Waals surface area contributed by atoms with E-state index in [0.29, 0.717) is 13.3 Å². The molecule has 1 heterocycles. The first-order valence-corrected chi connectivity index (χ1v) is 5.53. The maximum Gasteiger partial charge on any atom is 0.144 e. The van der Waals surface area contributed by atoms with Gasteiger partial charge in [-0.1, -0.05) is 0 Å². The van der Waals surface area contributed by atoms with E-state index in [9.17, 15) is 0 Å². The Hall–Kier alpha value is -1.59. The Morgan fingerprint density at radius 2 is 2.06 bits per heavy atom. The minimum absolute atomic E-state index is 0.657. The number of methoxy groups -OCH3 is 2. The minimum atomic E-state index is 0.657. The molecule has 92 valence electrons. The van der Waals surface area contributed by atoms with E-state index in [-0.39, 0.29) is 0 Å². The predicted molar refractivity (Wildman–Crippen MR) is 66.1 cm³/mol. The lowest BCUT2D eigenvalue weighted by atomic mass is 10.2. The summed E-state index contributed by atoms with van der Waals surface area (Å²) in [7, 11) is 3.36. The molecule has 0 unspecified atom stereocenters. The van der Waals surface area contributed by atoms with Crippen LogP contribution in [0.3, 0.4) is 0 Å². The molecule has 1 aromatic rings. The van der Waals surface area contributed by atoms with Gasteiger partial charge >= 0.3 is 0 Å². The number of hydrogen-bond acceptors (Lipinski definition) is 5. The average molecular weight is 235 g/mol. The molecule has 0 saturated carbocycles. The zero-order valence-corrected chi connectivity index (χ0v) is 10.1. The average Bonchev–Trinajstić information content (AvgIpc) is 2.85. The zero-order chi connectivity index (χ0) is 12.1. The van der Waals surface area contributed by atoms with Crippen molar-refractivity contribution >= 4 is 5.84 Å². The van der Waals surface area contributed by atoms with Gasteiger partial charge in [-0.05, 0) is 24.3 Å². The molecule has 0 spiro atoms. The van der Waals surface area contributed by atoms with Gasteiger partial charge in [0.2, 0.25) is 0 Å². The summed E-state index contributed by atoms with van der Waals surface area (Å²) in [6, 6.07) is 7.84. The summed E-state index contributed by atoms with van der Waals surface area (Å²) in [4.78, 5) is 4.43. The summed E-state index contributed by atoms with van der Waals surface area (Å²) < 4.78 is 10.1. The van der Waals surface area contributed by atoms with Gasteiger partial charge in [-0.25, -0.2) is 4.99 Å². The van der Waals surface area contributed by atoms with Crippen LogP contribution in [0.1, 0.15) is 5.56 Å². The van der Waals surface area contributed by atoms with Gasteiger partial charge in [0.25, 0.3) is 0 Å². The molecule has 0 saturated heterocycles. The lowest BCUT2D eigenvalue weighted by Crippen LogP contribution is -2.38. The van der Waals surface area contributed by atoms with Crippen LogP contribution in [-0.4, -0.2) is 44.9 Å². The van der Waals surface area contributed by atoms with Crippen molar-refractivity contribution in [3.05, 3.63) is 29.8 Å². The Balaban J connectivity index is 1.95. The summed E-state index contributed by atoms with van der Waals surface area (Å²) in [5.41, 5.74) is 4.30. The van der Waals surface area contributed by atoms with Gasteiger partial charge in [0.05, 0.1) is 13.7 Å². The molecule has 1 aliphatic rings. The third-order valence-corrected chi connectivity index (χ3v) is 2.59. The van der Waals surface area contributed by atoms with Crippen LogP contribution in [0.2, 0.25) is 0 Å². The number of rotatable bonds is 5. The standard InChI is InChI=1S/C12H17N3O2/c1-16-8-7-15-9-13-12(14-15)10-3-5-11(17-2)6-4-10/h3-6H,7-9H2,1-2H3,(H,13,14). The highest BCUT2D eigenvalue weighted by Gasteiger charge is 2.15. The molecule has 0 amide bonds. The van der Waals surface area contributed by atoms with E-state index in [1.165, 1.54) is 0 Å². The fourth-order valence-corrected chi connectivity index (χ4v) is 1.61. The second-order valence-electron chi connectivity index (χ2n) is 3.74. The molecule has 1 N–H and O–H groups in total. The molecule has 5 nitrogen and oxygen atoms in total. The molecule has 0 radical (unpaired) electrons. The van der Waals surface area contributed by atoms with Crippen molar-refractivity contribution in [2.75, 3.05) is 34.0 Å². The topological polar surface area (TPSA) is 46.1 Å². The maximum atomic E-state index is 5.12. The summed E-state index contributed by atoms with van der Waals surface area (Å²) in [6.45, 7) is 2.17. The van der Waals surface area contributed by atoms with E-state index in [1.54, 1.807) is 14.2 Å². The molecule has 0 atom stereocenters. The lowest BCUT2D eigenvalue weighted by Gasteiger charge is -2.15. The van der Waals surface area contributed by atoms with Crippen LogP contribution >= 0.6 is 0 Å². The first-order valence-electron chi connectivity index (χ1n) is 5.53. The third-order valence-electron chi connectivity index (χ3n) is 2.59. The summed E-state index contributed by atoms with van der Waals surface area (Å²) in [5, 5.41) is 2.02. The molecule has 0 bridgehead atoms. The highest BCUT2D eigenvalue weighted by molar-refractivity contribution is 5.99. The number of nitrogens with zero attached hydrogens (tertiary/aromatic N) is 2. The molecule has 2 rings (SSSR count). The van der Waals surface area contributed by atoms with Crippen LogP contribution in [0.15, 0.2) is 29.3 Å². The van der Waals surface area contributed by atoms with E-state index < -0.39 is 0 Å². The summed E-state index contributed by atoms with van der Waals surface area (Å²) in [6.07, 6.45) is 0. The molecular formula is C12H17N3O2. The quantitative estimate of drug-likeness (QED) is 0.822. The normalized spacial score (nSPS) is 15.5. The van der Waals surface area contributed by atoms with Crippen LogP contribution in [0.5, 0.6) is 5.75 Å². The first kappa shape index (κ1) is 11.9. The number of benzene rings is 1. The Morgan fingerprint density at radius 3 is 2.71 bits per heavy atom. The monoisotopic (exact) mass is 235 g/mol. The maximum absolute atomic E-state index is 5.12. The van der Waals surface area contributed by atoms with Gasteiger partial charge < -0.3 is 14.9 Å². The Morgan fingerprint density at radius 1 is 1.29 bits per heavy atom. The number of aliphatic imine (C=N–C) groups is 1. The lowest BCUT2D eigenvalue weighted by molar-refractivity contribution is 0.142. The van der Waals surface area contributed by atoms with Gasteiger partial charge in [0, 0.05) is 19.2 Å². The number of hydrogen-bond donors (Lipinski definition) is 1. The Kier molecular flexibility index (Phi) is 3.95. The van der Waals surface area contributed by atoms with Gasteiger partial charge in [0.15, 0.2) is 0 Å². The van der Waals surface area contributed by atoms with E-state index in [1.807, 2.05) is 29.3 Å². The van der Waals surface area contributed by atoms with Crippen molar-refractivity contribution in [3.8, 4) is 5.75 Å². The van der Waals surface area contributed by atoms with Crippen molar-refractivity contribution in [1.82, 2.24) is 10.4 Å². The van der Waals surface area contributed by atoms with Crippen LogP contribution in [0, 0.1) is 0 Å².